The first kappa shape index (κ1) is 15.4. The minimum Gasteiger partial charge on any atom is -0.363 e. The molecule has 0 amide bonds. The number of aromatic nitrogens is 5. The number of rotatable bonds is 5. The third-order valence-corrected chi connectivity index (χ3v) is 3.33. The van der Waals surface area contributed by atoms with Crippen LogP contribution in [-0.2, 0) is 13.6 Å². The van der Waals surface area contributed by atoms with Gasteiger partial charge in [-0.3, -0.25) is 0 Å². The van der Waals surface area contributed by atoms with Gasteiger partial charge in [0.1, 0.15) is 17.5 Å². The van der Waals surface area contributed by atoms with Crippen molar-refractivity contribution in [2.75, 3.05) is 5.32 Å². The highest BCUT2D eigenvalue weighted by Gasteiger charge is 2.12. The molecule has 2 heterocycles. The molecule has 6 nitrogen and oxygen atoms in total. The molecule has 0 bridgehead atoms. The molecule has 21 heavy (non-hydrogen) atoms. The fraction of sp³-hybridized carbons (Fsp3) is 0.600. The Bertz CT molecular complexity index is 615. The minimum atomic E-state index is 0.313. The molecule has 0 aliphatic heterocycles. The van der Waals surface area contributed by atoms with Gasteiger partial charge in [0.2, 0.25) is 0 Å². The van der Waals surface area contributed by atoms with Gasteiger partial charge in [0.25, 0.3) is 0 Å². The van der Waals surface area contributed by atoms with Crippen molar-refractivity contribution in [2.45, 2.75) is 53.0 Å². The highest BCUT2D eigenvalue weighted by molar-refractivity contribution is 5.36. The van der Waals surface area contributed by atoms with E-state index >= 15 is 0 Å². The Balaban J connectivity index is 2.13. The van der Waals surface area contributed by atoms with Gasteiger partial charge in [0, 0.05) is 30.6 Å². The Labute approximate surface area is 126 Å². The maximum Gasteiger partial charge on any atom is 0.152 e. The summed E-state index contributed by atoms with van der Waals surface area (Å²) in [6.07, 6.45) is 0. The first-order valence-electron chi connectivity index (χ1n) is 7.36. The Morgan fingerprint density at radius 1 is 1.10 bits per heavy atom. The molecule has 0 saturated heterocycles. The van der Waals surface area contributed by atoms with Gasteiger partial charge >= 0.3 is 0 Å². The van der Waals surface area contributed by atoms with Crippen molar-refractivity contribution in [3.63, 3.8) is 0 Å². The summed E-state index contributed by atoms with van der Waals surface area (Å²) >= 11 is 0. The quantitative estimate of drug-likeness (QED) is 0.916. The molecule has 2 aromatic rings. The Kier molecular flexibility index (Phi) is 4.55. The zero-order valence-corrected chi connectivity index (χ0v) is 13.7. The average Bonchev–Trinajstić information content (AvgIpc) is 2.77. The summed E-state index contributed by atoms with van der Waals surface area (Å²) in [6.45, 7) is 11.0. The Morgan fingerprint density at radius 2 is 1.81 bits per heavy atom. The topological polar surface area (TPSA) is 68.5 Å². The van der Waals surface area contributed by atoms with E-state index in [1.165, 1.54) is 0 Å². The second-order valence-corrected chi connectivity index (χ2v) is 5.95. The SMILES string of the molecule is Cc1cc(NCc2nnc(C(C)C)n2C)nc(C(C)C)n1. The molecule has 0 radical (unpaired) electrons. The summed E-state index contributed by atoms with van der Waals surface area (Å²) in [5, 5.41) is 11.8. The van der Waals surface area contributed by atoms with Gasteiger partial charge in [-0.1, -0.05) is 27.7 Å². The molecular weight excluding hydrogens is 264 g/mol. The fourth-order valence-electron chi connectivity index (χ4n) is 2.14. The Morgan fingerprint density at radius 3 is 2.38 bits per heavy atom. The zero-order chi connectivity index (χ0) is 15.6. The number of anilines is 1. The molecule has 0 fully saturated rings. The predicted molar refractivity (Wildman–Crippen MR) is 83.3 cm³/mol. The van der Waals surface area contributed by atoms with Gasteiger partial charge in [-0.15, -0.1) is 10.2 Å². The lowest BCUT2D eigenvalue weighted by atomic mass is 10.2. The molecule has 2 aromatic heterocycles. The zero-order valence-electron chi connectivity index (χ0n) is 13.7. The van der Waals surface area contributed by atoms with Crippen molar-refractivity contribution >= 4 is 5.82 Å². The largest absolute Gasteiger partial charge is 0.363 e. The van der Waals surface area contributed by atoms with Gasteiger partial charge in [-0.05, 0) is 6.92 Å². The van der Waals surface area contributed by atoms with Crippen LogP contribution in [0, 0.1) is 6.92 Å². The van der Waals surface area contributed by atoms with Crippen LogP contribution < -0.4 is 5.32 Å². The highest BCUT2D eigenvalue weighted by atomic mass is 15.3. The summed E-state index contributed by atoms with van der Waals surface area (Å²) in [6, 6.07) is 1.95. The molecule has 0 saturated carbocycles. The molecule has 0 aromatic carbocycles. The standard InChI is InChI=1S/C15H24N6/c1-9(2)14-17-11(5)7-12(18-14)16-8-13-19-20-15(10(3)4)21(13)6/h7,9-10H,8H2,1-6H3,(H,16,17,18). The van der Waals surface area contributed by atoms with Crippen molar-refractivity contribution in [2.24, 2.45) is 7.05 Å². The van der Waals surface area contributed by atoms with E-state index in [4.69, 9.17) is 0 Å². The molecule has 0 unspecified atom stereocenters. The summed E-state index contributed by atoms with van der Waals surface area (Å²) in [4.78, 5) is 8.99. The molecule has 0 aliphatic rings. The minimum absolute atomic E-state index is 0.313. The highest BCUT2D eigenvalue weighted by Crippen LogP contribution is 2.15. The molecule has 0 aliphatic carbocycles. The van der Waals surface area contributed by atoms with Crippen LogP contribution in [0.25, 0.3) is 0 Å². The molecule has 1 N–H and O–H groups in total. The lowest BCUT2D eigenvalue weighted by Crippen LogP contribution is -2.10. The fourth-order valence-corrected chi connectivity index (χ4v) is 2.14. The van der Waals surface area contributed by atoms with Gasteiger partial charge < -0.3 is 9.88 Å². The molecule has 0 spiro atoms. The smallest absolute Gasteiger partial charge is 0.152 e. The maximum absolute atomic E-state index is 4.54. The van der Waals surface area contributed by atoms with E-state index in [9.17, 15) is 0 Å². The predicted octanol–water partition coefficient (Wildman–Crippen LogP) is 2.77. The number of nitrogens with one attached hydrogen (secondary N) is 1. The molecule has 6 heteroatoms. The second kappa shape index (κ2) is 6.20. The van der Waals surface area contributed by atoms with E-state index in [0.29, 0.717) is 18.4 Å². The number of hydrogen-bond acceptors (Lipinski definition) is 5. The van der Waals surface area contributed by atoms with Gasteiger partial charge in [-0.2, -0.15) is 0 Å². The molecule has 2 rings (SSSR count). The van der Waals surface area contributed by atoms with E-state index < -0.39 is 0 Å². The first-order valence-corrected chi connectivity index (χ1v) is 7.36. The molecule has 0 atom stereocenters. The van der Waals surface area contributed by atoms with Gasteiger partial charge in [0.05, 0.1) is 6.54 Å². The van der Waals surface area contributed by atoms with Crippen LogP contribution in [0.4, 0.5) is 5.82 Å². The van der Waals surface area contributed by atoms with Gasteiger partial charge in [0.15, 0.2) is 5.82 Å². The number of aryl methyl sites for hydroxylation is 1. The van der Waals surface area contributed by atoms with E-state index in [-0.39, 0.29) is 0 Å². The van der Waals surface area contributed by atoms with Crippen LogP contribution in [0.2, 0.25) is 0 Å². The van der Waals surface area contributed by atoms with Crippen LogP contribution in [0.3, 0.4) is 0 Å². The van der Waals surface area contributed by atoms with Crippen LogP contribution in [0.15, 0.2) is 6.07 Å². The summed E-state index contributed by atoms with van der Waals surface area (Å²) in [7, 11) is 2.00. The molecule has 114 valence electrons. The maximum atomic E-state index is 4.54. The first-order chi connectivity index (χ1) is 9.88. The summed E-state index contributed by atoms with van der Waals surface area (Å²) in [5.41, 5.74) is 0.969. The van der Waals surface area contributed by atoms with Crippen molar-refractivity contribution in [3.8, 4) is 0 Å². The van der Waals surface area contributed by atoms with E-state index in [0.717, 1.165) is 29.0 Å². The van der Waals surface area contributed by atoms with Crippen LogP contribution in [0.5, 0.6) is 0 Å². The average molecular weight is 288 g/mol. The second-order valence-electron chi connectivity index (χ2n) is 5.95. The van der Waals surface area contributed by atoms with Crippen molar-refractivity contribution < 1.29 is 0 Å². The van der Waals surface area contributed by atoms with E-state index in [1.54, 1.807) is 0 Å². The normalized spacial score (nSPS) is 11.4. The monoisotopic (exact) mass is 288 g/mol. The lowest BCUT2D eigenvalue weighted by Gasteiger charge is -2.10. The van der Waals surface area contributed by atoms with Gasteiger partial charge in [-0.25, -0.2) is 9.97 Å². The van der Waals surface area contributed by atoms with Crippen molar-refractivity contribution in [3.05, 3.63) is 29.2 Å². The lowest BCUT2D eigenvalue weighted by molar-refractivity contribution is 0.691. The molecular formula is C15H24N6. The summed E-state index contributed by atoms with van der Waals surface area (Å²) in [5.74, 6) is 4.27. The van der Waals surface area contributed by atoms with Crippen molar-refractivity contribution in [1.29, 1.82) is 0 Å². The number of nitrogens with zero attached hydrogens (tertiary/aromatic N) is 5. The van der Waals surface area contributed by atoms with E-state index in [2.05, 4.69) is 53.2 Å². The van der Waals surface area contributed by atoms with Crippen LogP contribution in [-0.4, -0.2) is 24.7 Å². The van der Waals surface area contributed by atoms with E-state index in [1.807, 2.05) is 24.6 Å². The van der Waals surface area contributed by atoms with Crippen LogP contribution in [0.1, 0.15) is 62.7 Å². The summed E-state index contributed by atoms with van der Waals surface area (Å²) < 4.78 is 2.04. The van der Waals surface area contributed by atoms with Crippen molar-refractivity contribution in [1.82, 2.24) is 24.7 Å². The Hall–Kier alpha value is -1.98. The van der Waals surface area contributed by atoms with Crippen LogP contribution >= 0.6 is 0 Å². The third kappa shape index (κ3) is 3.56. The third-order valence-electron chi connectivity index (χ3n) is 3.33. The number of hydrogen-bond donors (Lipinski definition) is 1.